The first-order valence-electron chi connectivity index (χ1n) is 5.36. The number of furan rings is 1. The van der Waals surface area contributed by atoms with E-state index < -0.39 is 0 Å². The summed E-state index contributed by atoms with van der Waals surface area (Å²) in [4.78, 5) is 0. The molecule has 2 unspecified atom stereocenters. The highest BCUT2D eigenvalue weighted by atomic mass is 16.3. The molecule has 3 heterocycles. The van der Waals surface area contributed by atoms with E-state index in [0.29, 0.717) is 11.3 Å². The van der Waals surface area contributed by atoms with Crippen molar-refractivity contribution in [2.45, 2.75) is 12.3 Å². The van der Waals surface area contributed by atoms with Crippen molar-refractivity contribution < 1.29 is 4.42 Å². The summed E-state index contributed by atoms with van der Waals surface area (Å²) in [6.45, 7) is 4.48. The van der Waals surface area contributed by atoms with Gasteiger partial charge >= 0.3 is 0 Å². The van der Waals surface area contributed by atoms with Crippen LogP contribution < -0.4 is 10.6 Å². The Morgan fingerprint density at radius 1 is 1.36 bits per heavy atom. The lowest BCUT2D eigenvalue weighted by Gasteiger charge is -2.27. The van der Waals surface area contributed by atoms with Gasteiger partial charge in [-0.25, -0.2) is 0 Å². The minimum absolute atomic E-state index is 0.415. The Bertz CT molecular complexity index is 296. The molecule has 0 aliphatic carbocycles. The summed E-state index contributed by atoms with van der Waals surface area (Å²) in [5, 5.41) is 6.96. The van der Waals surface area contributed by atoms with Crippen LogP contribution in [-0.4, -0.2) is 26.2 Å². The van der Waals surface area contributed by atoms with Gasteiger partial charge in [0.05, 0.1) is 6.26 Å². The van der Waals surface area contributed by atoms with Crippen molar-refractivity contribution in [1.82, 2.24) is 10.6 Å². The van der Waals surface area contributed by atoms with Gasteiger partial charge < -0.3 is 15.1 Å². The highest BCUT2D eigenvalue weighted by molar-refractivity contribution is 5.17. The molecule has 1 aromatic heterocycles. The van der Waals surface area contributed by atoms with Gasteiger partial charge in [0.25, 0.3) is 0 Å². The van der Waals surface area contributed by atoms with Gasteiger partial charge in [-0.05, 0) is 25.1 Å². The number of hydrogen-bond acceptors (Lipinski definition) is 3. The predicted octanol–water partition coefficient (Wildman–Crippen LogP) is 0.946. The highest BCUT2D eigenvalue weighted by Crippen LogP contribution is 2.43. The van der Waals surface area contributed by atoms with E-state index in [1.165, 1.54) is 6.42 Å². The van der Waals surface area contributed by atoms with Crippen LogP contribution in [0.5, 0.6) is 0 Å². The molecule has 3 heteroatoms. The SMILES string of the molecule is c1coc(C2CNCC23CCNC3)c1. The van der Waals surface area contributed by atoms with E-state index in [4.69, 9.17) is 4.42 Å². The molecular formula is C11H16N2O. The van der Waals surface area contributed by atoms with E-state index in [1.807, 2.05) is 6.07 Å². The largest absolute Gasteiger partial charge is 0.469 e. The molecule has 14 heavy (non-hydrogen) atoms. The van der Waals surface area contributed by atoms with Gasteiger partial charge in [0.1, 0.15) is 5.76 Å². The minimum atomic E-state index is 0.415. The zero-order chi connectivity index (χ0) is 9.43. The zero-order valence-corrected chi connectivity index (χ0v) is 8.25. The van der Waals surface area contributed by atoms with Crippen molar-refractivity contribution in [3.8, 4) is 0 Å². The summed E-state index contributed by atoms with van der Waals surface area (Å²) < 4.78 is 5.54. The fourth-order valence-corrected chi connectivity index (χ4v) is 2.91. The van der Waals surface area contributed by atoms with Crippen LogP contribution in [0.15, 0.2) is 22.8 Å². The summed E-state index contributed by atoms with van der Waals surface area (Å²) in [5.74, 6) is 1.71. The Labute approximate surface area is 83.9 Å². The predicted molar refractivity (Wildman–Crippen MR) is 54.2 cm³/mol. The third kappa shape index (κ3) is 1.12. The van der Waals surface area contributed by atoms with Gasteiger partial charge in [0.2, 0.25) is 0 Å². The van der Waals surface area contributed by atoms with Crippen molar-refractivity contribution in [3.63, 3.8) is 0 Å². The van der Waals surface area contributed by atoms with Crippen LogP contribution in [0.3, 0.4) is 0 Å². The first kappa shape index (κ1) is 8.50. The third-order valence-corrected chi connectivity index (χ3v) is 3.73. The standard InChI is InChI=1S/C11H16N2O/c1-2-10(14-5-1)9-6-13-8-11(9)3-4-12-7-11/h1-2,5,9,12-13H,3-4,6-8H2. The average Bonchev–Trinajstić information content (AvgIpc) is 2.91. The van der Waals surface area contributed by atoms with Crippen molar-refractivity contribution >= 4 is 0 Å². The summed E-state index contributed by atoms with van der Waals surface area (Å²) in [6.07, 6.45) is 3.05. The van der Waals surface area contributed by atoms with Crippen LogP contribution in [0, 0.1) is 5.41 Å². The van der Waals surface area contributed by atoms with E-state index >= 15 is 0 Å². The molecule has 0 bridgehead atoms. The zero-order valence-electron chi connectivity index (χ0n) is 8.25. The third-order valence-electron chi connectivity index (χ3n) is 3.73. The van der Waals surface area contributed by atoms with E-state index in [9.17, 15) is 0 Å². The summed E-state index contributed by atoms with van der Waals surface area (Å²) in [5.41, 5.74) is 0.415. The molecule has 2 aliphatic rings. The molecule has 0 saturated carbocycles. The Morgan fingerprint density at radius 3 is 3.00 bits per heavy atom. The molecule has 2 atom stereocenters. The molecule has 0 radical (unpaired) electrons. The molecule has 0 amide bonds. The number of rotatable bonds is 1. The molecule has 76 valence electrons. The number of nitrogens with one attached hydrogen (secondary N) is 2. The summed E-state index contributed by atoms with van der Waals surface area (Å²) in [7, 11) is 0. The van der Waals surface area contributed by atoms with Gasteiger partial charge in [-0.2, -0.15) is 0 Å². The molecule has 0 aromatic carbocycles. The van der Waals surface area contributed by atoms with Crippen LogP contribution in [0.4, 0.5) is 0 Å². The molecule has 1 aromatic rings. The normalized spacial score (nSPS) is 37.0. The van der Waals surface area contributed by atoms with Crippen molar-refractivity contribution in [2.24, 2.45) is 5.41 Å². The maximum Gasteiger partial charge on any atom is 0.108 e. The van der Waals surface area contributed by atoms with Crippen LogP contribution in [0.1, 0.15) is 18.1 Å². The summed E-state index contributed by atoms with van der Waals surface area (Å²) >= 11 is 0. The molecule has 1 spiro atoms. The minimum Gasteiger partial charge on any atom is -0.469 e. The smallest absolute Gasteiger partial charge is 0.108 e. The van der Waals surface area contributed by atoms with Gasteiger partial charge in [-0.3, -0.25) is 0 Å². The Morgan fingerprint density at radius 2 is 2.29 bits per heavy atom. The van der Waals surface area contributed by atoms with E-state index in [0.717, 1.165) is 31.9 Å². The Kier molecular flexibility index (Phi) is 1.89. The lowest BCUT2D eigenvalue weighted by atomic mass is 9.76. The Hall–Kier alpha value is -0.800. The Balaban J connectivity index is 1.91. The molecular weight excluding hydrogens is 176 g/mol. The van der Waals surface area contributed by atoms with E-state index in [1.54, 1.807) is 6.26 Å². The van der Waals surface area contributed by atoms with Crippen LogP contribution in [0.2, 0.25) is 0 Å². The lowest BCUT2D eigenvalue weighted by Crippen LogP contribution is -2.31. The fourth-order valence-electron chi connectivity index (χ4n) is 2.91. The van der Waals surface area contributed by atoms with Gasteiger partial charge in [-0.15, -0.1) is 0 Å². The van der Waals surface area contributed by atoms with E-state index in [-0.39, 0.29) is 0 Å². The molecule has 2 aliphatic heterocycles. The van der Waals surface area contributed by atoms with Crippen molar-refractivity contribution in [1.29, 1.82) is 0 Å². The van der Waals surface area contributed by atoms with Gasteiger partial charge in [0, 0.05) is 31.0 Å². The quantitative estimate of drug-likeness (QED) is 0.695. The maximum absolute atomic E-state index is 5.54. The van der Waals surface area contributed by atoms with Gasteiger partial charge in [-0.1, -0.05) is 0 Å². The maximum atomic E-state index is 5.54. The van der Waals surface area contributed by atoms with Crippen molar-refractivity contribution in [2.75, 3.05) is 26.2 Å². The molecule has 3 rings (SSSR count). The lowest BCUT2D eigenvalue weighted by molar-refractivity contribution is 0.287. The van der Waals surface area contributed by atoms with E-state index in [2.05, 4.69) is 16.7 Å². The van der Waals surface area contributed by atoms with Crippen molar-refractivity contribution in [3.05, 3.63) is 24.2 Å². The molecule has 3 nitrogen and oxygen atoms in total. The van der Waals surface area contributed by atoms with Crippen LogP contribution >= 0.6 is 0 Å². The highest BCUT2D eigenvalue weighted by Gasteiger charge is 2.46. The van der Waals surface area contributed by atoms with Gasteiger partial charge in [0.15, 0.2) is 0 Å². The second-order valence-corrected chi connectivity index (χ2v) is 4.49. The topological polar surface area (TPSA) is 37.2 Å². The second kappa shape index (κ2) is 3.11. The molecule has 2 N–H and O–H groups in total. The molecule has 2 saturated heterocycles. The summed E-state index contributed by atoms with van der Waals surface area (Å²) in [6, 6.07) is 4.10. The van der Waals surface area contributed by atoms with Crippen LogP contribution in [0.25, 0.3) is 0 Å². The van der Waals surface area contributed by atoms with Crippen LogP contribution in [-0.2, 0) is 0 Å². The first-order chi connectivity index (χ1) is 6.91. The molecule has 2 fully saturated rings. The average molecular weight is 192 g/mol. The fraction of sp³-hybridized carbons (Fsp3) is 0.636. The first-order valence-corrected chi connectivity index (χ1v) is 5.36. The number of hydrogen-bond donors (Lipinski definition) is 2. The monoisotopic (exact) mass is 192 g/mol. The second-order valence-electron chi connectivity index (χ2n) is 4.49.